The van der Waals surface area contributed by atoms with Crippen LogP contribution in [-0.2, 0) is 26.2 Å². The number of hydrogen-bond donors (Lipinski definition) is 0. The average Bonchev–Trinajstić information content (AvgIpc) is 3.43. The zero-order valence-corrected chi connectivity index (χ0v) is 30.8. The van der Waals surface area contributed by atoms with Crippen LogP contribution in [0.15, 0.2) is 84.9 Å². The number of hydrogen-bond acceptors (Lipinski definition) is 0. The quantitative estimate of drug-likeness (QED) is 0.197. The van der Waals surface area contributed by atoms with E-state index in [1.165, 1.54) is 77.2 Å². The second-order valence-corrected chi connectivity index (χ2v) is 16.3. The normalized spacial score (nSPS) is 11.2. The van der Waals surface area contributed by atoms with Gasteiger partial charge in [0.25, 0.3) is 0 Å². The molecule has 0 spiro atoms. The van der Waals surface area contributed by atoms with Crippen LogP contribution in [0.1, 0.15) is 33.4 Å². The van der Waals surface area contributed by atoms with Crippen molar-refractivity contribution in [2.24, 2.45) is 0 Å². The van der Waals surface area contributed by atoms with E-state index in [0.717, 1.165) is 0 Å². The molecule has 6 aromatic rings. The van der Waals surface area contributed by atoms with Gasteiger partial charge in [-0.2, -0.15) is 10.4 Å². The molecule has 42 heavy (non-hydrogen) atoms. The van der Waals surface area contributed by atoms with E-state index in [0.29, 0.717) is 0 Å². The van der Waals surface area contributed by atoms with Crippen molar-refractivity contribution in [2.45, 2.75) is 54.6 Å². The molecule has 0 saturated carbocycles. The van der Waals surface area contributed by atoms with Gasteiger partial charge in [0.05, 0.1) is 0 Å². The minimum absolute atomic E-state index is 0. The van der Waals surface area contributed by atoms with Crippen LogP contribution in [0.3, 0.4) is 0 Å². The maximum atomic E-state index is 2.58. The molecule has 212 valence electrons. The molecule has 0 radical (unpaired) electrons. The molecule has 4 heteroatoms. The van der Waals surface area contributed by atoms with Gasteiger partial charge < -0.3 is 24.8 Å². The summed E-state index contributed by atoms with van der Waals surface area (Å²) in [5.41, 5.74) is 13.8. The molecule has 0 N–H and O–H groups in total. The summed E-state index contributed by atoms with van der Waals surface area (Å²) in [6, 6.07) is 32.1. The van der Waals surface area contributed by atoms with Crippen LogP contribution >= 0.6 is 0 Å². The first-order chi connectivity index (χ1) is 18.6. The van der Waals surface area contributed by atoms with E-state index in [1.807, 2.05) is 0 Å². The Morgan fingerprint density at radius 2 is 0.810 bits per heavy atom. The summed E-state index contributed by atoms with van der Waals surface area (Å²) in [6.07, 6.45) is 0. The predicted octanol–water partition coefficient (Wildman–Crippen LogP) is 3.44. The summed E-state index contributed by atoms with van der Waals surface area (Å²) in [5, 5.41) is 8.81. The molecule has 0 unspecified atom stereocenters. The Morgan fingerprint density at radius 3 is 1.19 bits per heavy atom. The summed E-state index contributed by atoms with van der Waals surface area (Å²) < 4.78 is 0. The van der Waals surface area contributed by atoms with Gasteiger partial charge in [0.2, 0.25) is 0 Å². The van der Waals surface area contributed by atoms with E-state index in [1.54, 1.807) is 10.4 Å². The van der Waals surface area contributed by atoms with Crippen LogP contribution in [0, 0.1) is 41.5 Å². The molecule has 0 nitrogen and oxygen atoms in total. The monoisotopic (exact) mass is 682 g/mol. The first kappa shape index (κ1) is 34.3. The van der Waals surface area contributed by atoms with Gasteiger partial charge in [-0.05, 0) is 61.1 Å². The van der Waals surface area contributed by atoms with Crippen molar-refractivity contribution in [1.82, 2.24) is 0 Å². The standard InChI is InChI=1S/C38H38Si.2ClH.Zr/c1-23-13-9-17-31(27(23)5)33-19-11-15-29-21-25(3)37(35(29)33)39(7,8)38-26(4)22-30-16-12-20-34(36(30)38)32-18-10-14-24(2)28(32)6;;;/h9-22H,1-8H3;2*1H;/q-2;;;+4/p-2. The van der Waals surface area contributed by atoms with Gasteiger partial charge in [0.1, 0.15) is 0 Å². The summed E-state index contributed by atoms with van der Waals surface area (Å²) >= 11 is 0. The van der Waals surface area contributed by atoms with Gasteiger partial charge in [-0.25, -0.2) is 0 Å². The summed E-state index contributed by atoms with van der Waals surface area (Å²) in [6.45, 7) is 18.8. The van der Waals surface area contributed by atoms with Gasteiger partial charge >= 0.3 is 26.2 Å². The van der Waals surface area contributed by atoms with Crippen LogP contribution in [0.25, 0.3) is 43.8 Å². The molecule has 0 aliphatic rings. The van der Waals surface area contributed by atoms with Crippen molar-refractivity contribution >= 4 is 40.0 Å². The fourth-order valence-corrected chi connectivity index (χ4v) is 11.4. The minimum atomic E-state index is -2.16. The third-order valence-corrected chi connectivity index (χ3v) is 13.1. The van der Waals surface area contributed by atoms with Crippen LogP contribution in [0.2, 0.25) is 13.1 Å². The maximum absolute atomic E-state index is 2.58. The number of halogens is 2. The summed E-state index contributed by atoms with van der Waals surface area (Å²) in [4.78, 5) is 0. The van der Waals surface area contributed by atoms with E-state index in [-0.39, 0.29) is 51.0 Å². The average molecular weight is 685 g/mol. The van der Waals surface area contributed by atoms with Crippen molar-refractivity contribution in [1.29, 1.82) is 0 Å². The Bertz CT molecular complexity index is 1770. The zero-order valence-electron chi connectivity index (χ0n) is 25.8. The molecule has 0 saturated heterocycles. The molecule has 0 aromatic heterocycles. The fourth-order valence-electron chi connectivity index (χ4n) is 7.21. The van der Waals surface area contributed by atoms with Gasteiger partial charge in [-0.1, -0.05) is 86.6 Å². The van der Waals surface area contributed by atoms with Gasteiger partial charge in [0, 0.05) is 8.07 Å². The SMILES string of the molecule is Cc1cccc(-c2cccc3[cH-]c(C)c([Si](C)(C)c4c(C)[cH-]c5cccc(-c6cccc(C)c6C)c45)c23)c1C.[Cl-].[Cl-].[Zr+4]. The Balaban J connectivity index is 0.00000161. The Labute approximate surface area is 284 Å². The molecule has 0 heterocycles. The molecular weight excluding hydrogens is 647 g/mol. The van der Waals surface area contributed by atoms with Crippen molar-refractivity contribution in [2.75, 3.05) is 0 Å². The smallest absolute Gasteiger partial charge is 1.00 e. The maximum Gasteiger partial charge on any atom is 4.00 e. The van der Waals surface area contributed by atoms with Gasteiger partial charge in [0.15, 0.2) is 0 Å². The zero-order chi connectivity index (χ0) is 27.6. The predicted molar refractivity (Wildman–Crippen MR) is 175 cm³/mol. The van der Waals surface area contributed by atoms with Crippen LogP contribution in [-0.4, -0.2) is 8.07 Å². The molecule has 6 rings (SSSR count). The first-order valence-electron chi connectivity index (χ1n) is 14.1. The van der Waals surface area contributed by atoms with Gasteiger partial charge in [-0.3, -0.25) is 0 Å². The Hall–Kier alpha value is -2.22. The molecular formula is C38H38Cl2SiZr. The van der Waals surface area contributed by atoms with Crippen LogP contribution in [0.5, 0.6) is 0 Å². The summed E-state index contributed by atoms with van der Waals surface area (Å²) in [7, 11) is -2.16. The fraction of sp³-hybridized carbons (Fsp3) is 0.211. The second-order valence-electron chi connectivity index (χ2n) is 12.1. The van der Waals surface area contributed by atoms with E-state index in [4.69, 9.17) is 0 Å². The van der Waals surface area contributed by atoms with Crippen molar-refractivity contribution in [3.63, 3.8) is 0 Å². The number of fused-ring (bicyclic) bond motifs is 2. The number of aryl methyl sites for hydroxylation is 4. The molecule has 0 atom stereocenters. The van der Waals surface area contributed by atoms with E-state index in [2.05, 4.69) is 140 Å². The topological polar surface area (TPSA) is 0 Å². The van der Waals surface area contributed by atoms with E-state index in [9.17, 15) is 0 Å². The Kier molecular flexibility index (Phi) is 10.4. The number of rotatable bonds is 4. The third-order valence-electron chi connectivity index (χ3n) is 9.27. The van der Waals surface area contributed by atoms with Crippen LogP contribution in [0.4, 0.5) is 0 Å². The third kappa shape index (κ3) is 5.35. The minimum Gasteiger partial charge on any atom is -1.00 e. The molecule has 0 amide bonds. The second kappa shape index (κ2) is 12.8. The largest absolute Gasteiger partial charge is 4.00 e. The van der Waals surface area contributed by atoms with Crippen LogP contribution < -0.4 is 35.2 Å². The molecule has 6 aromatic carbocycles. The summed E-state index contributed by atoms with van der Waals surface area (Å²) in [5.74, 6) is 0. The van der Waals surface area contributed by atoms with Crippen molar-refractivity contribution in [3.05, 3.63) is 118 Å². The Morgan fingerprint density at radius 1 is 0.476 bits per heavy atom. The number of benzene rings is 4. The molecule has 0 aliphatic carbocycles. The van der Waals surface area contributed by atoms with E-state index >= 15 is 0 Å². The molecule has 0 bridgehead atoms. The van der Waals surface area contributed by atoms with Crippen molar-refractivity contribution < 1.29 is 51.0 Å². The van der Waals surface area contributed by atoms with Gasteiger partial charge in [-0.15, -0.1) is 69.1 Å². The van der Waals surface area contributed by atoms with E-state index < -0.39 is 8.07 Å². The molecule has 0 aliphatic heterocycles. The van der Waals surface area contributed by atoms with Crippen molar-refractivity contribution in [3.8, 4) is 22.3 Å². The first-order valence-corrected chi connectivity index (χ1v) is 17.1. The molecule has 0 fully saturated rings.